The van der Waals surface area contributed by atoms with Crippen molar-refractivity contribution in [3.8, 4) is 0 Å². The summed E-state index contributed by atoms with van der Waals surface area (Å²) in [7, 11) is 0. The van der Waals surface area contributed by atoms with E-state index in [1.165, 1.54) is 37.3 Å². The number of carbonyl (C=O) groups is 3. The zero-order chi connectivity index (χ0) is 30.1. The second-order valence-corrected chi connectivity index (χ2v) is 12.6. The van der Waals surface area contributed by atoms with E-state index >= 15 is 0 Å². The summed E-state index contributed by atoms with van der Waals surface area (Å²) in [5.41, 5.74) is -7.85. The molecule has 2 N–H and O–H groups in total. The molecule has 8 atom stereocenters. The van der Waals surface area contributed by atoms with E-state index in [1.807, 2.05) is 13.8 Å². The molecule has 40 heavy (non-hydrogen) atoms. The van der Waals surface area contributed by atoms with Crippen LogP contribution in [0.3, 0.4) is 0 Å². The van der Waals surface area contributed by atoms with E-state index in [0.717, 1.165) is 6.92 Å². The second-order valence-electron chi connectivity index (χ2n) is 12.6. The minimum absolute atomic E-state index is 0.0557. The first-order chi connectivity index (χ1) is 18.4. The van der Waals surface area contributed by atoms with E-state index in [4.69, 9.17) is 14.2 Å². The standard InChI is InChI=1S/C29H37NO10/c1-8-26(5)15-19(32)29(40-26)27(6)20(39-24(34)17-9-11-18(12-10-17)30(36)37)13-14-25(3,4)22(27)21(33)23(28(29,7)35)38-16(2)31/h8-12,20-23,33,35H,1,13-15H2,2-7H3/t20-,21-,22-,23-,26-,27-,28+,29-/m0/s1. The fourth-order valence-corrected chi connectivity index (χ4v) is 7.74. The number of ketones is 1. The summed E-state index contributed by atoms with van der Waals surface area (Å²) in [6, 6.07) is 4.92. The van der Waals surface area contributed by atoms with Gasteiger partial charge in [0.15, 0.2) is 17.5 Å². The van der Waals surface area contributed by atoms with Crippen LogP contribution in [-0.2, 0) is 23.8 Å². The number of non-ortho nitro benzene ring substituents is 1. The third-order valence-corrected chi connectivity index (χ3v) is 9.46. The van der Waals surface area contributed by atoms with Gasteiger partial charge in [-0.05, 0) is 44.2 Å². The van der Waals surface area contributed by atoms with Crippen LogP contribution in [-0.4, -0.2) is 68.0 Å². The fraction of sp³-hybridized carbons (Fsp3) is 0.621. The third-order valence-electron chi connectivity index (χ3n) is 9.46. The average molecular weight is 560 g/mol. The predicted octanol–water partition coefficient (Wildman–Crippen LogP) is 3.29. The van der Waals surface area contributed by atoms with Gasteiger partial charge in [0.25, 0.3) is 5.69 Å². The number of aliphatic hydroxyl groups is 2. The number of rotatable bonds is 5. The SMILES string of the molecule is C=C[C@@]1(C)CC(=O)[C@]2(O1)[C@@]1(C)[C@@H](OC(=O)c3ccc([N+](=O)[O-])cc3)CCC(C)(C)[C@@H]1[C@H](O)[C@H](OC(C)=O)[C@@]2(C)O. The van der Waals surface area contributed by atoms with E-state index < -0.39 is 74.5 Å². The fourth-order valence-electron chi connectivity index (χ4n) is 7.74. The van der Waals surface area contributed by atoms with Gasteiger partial charge in [-0.25, -0.2) is 4.79 Å². The number of fused-ring (bicyclic) bond motifs is 2. The number of esters is 2. The van der Waals surface area contributed by atoms with Crippen molar-refractivity contribution >= 4 is 23.4 Å². The highest BCUT2D eigenvalue weighted by molar-refractivity contribution is 5.94. The molecule has 1 heterocycles. The Labute approximate surface area is 232 Å². The second kappa shape index (κ2) is 9.46. The molecule has 4 rings (SSSR count). The molecule has 3 aliphatic rings. The zero-order valence-corrected chi connectivity index (χ0v) is 23.6. The van der Waals surface area contributed by atoms with E-state index in [-0.39, 0.29) is 24.1 Å². The van der Waals surface area contributed by atoms with Crippen molar-refractivity contribution in [3.05, 3.63) is 52.6 Å². The summed E-state index contributed by atoms with van der Waals surface area (Å²) in [6.45, 7) is 13.4. The Kier molecular flexibility index (Phi) is 7.05. The molecule has 0 amide bonds. The van der Waals surface area contributed by atoms with E-state index in [1.54, 1.807) is 13.8 Å². The van der Waals surface area contributed by atoms with Crippen molar-refractivity contribution < 1.29 is 43.7 Å². The minimum atomic E-state index is -2.24. The maximum absolute atomic E-state index is 14.2. The van der Waals surface area contributed by atoms with Crippen LogP contribution in [0.2, 0.25) is 0 Å². The van der Waals surface area contributed by atoms with E-state index in [0.29, 0.717) is 6.42 Å². The number of aliphatic hydroxyl groups excluding tert-OH is 1. The highest BCUT2D eigenvalue weighted by Crippen LogP contribution is 2.68. The van der Waals surface area contributed by atoms with Crippen molar-refractivity contribution in [3.63, 3.8) is 0 Å². The largest absolute Gasteiger partial charge is 0.458 e. The van der Waals surface area contributed by atoms with Crippen LogP contribution in [0.15, 0.2) is 36.9 Å². The quantitative estimate of drug-likeness (QED) is 0.237. The first kappa shape index (κ1) is 29.8. The number of nitrogens with zero attached hydrogens (tertiary/aromatic N) is 1. The summed E-state index contributed by atoms with van der Waals surface area (Å²) in [5.74, 6) is -2.88. The van der Waals surface area contributed by atoms with Crippen molar-refractivity contribution in [2.45, 2.75) is 95.9 Å². The molecule has 0 unspecified atom stereocenters. The first-order valence-electron chi connectivity index (χ1n) is 13.3. The number of hydrogen-bond donors (Lipinski definition) is 2. The molecule has 1 spiro atoms. The molecule has 0 bridgehead atoms. The average Bonchev–Trinajstić information content (AvgIpc) is 3.15. The van der Waals surface area contributed by atoms with Crippen LogP contribution in [0.1, 0.15) is 71.2 Å². The van der Waals surface area contributed by atoms with Gasteiger partial charge in [-0.2, -0.15) is 0 Å². The van der Waals surface area contributed by atoms with Gasteiger partial charge in [-0.1, -0.05) is 26.8 Å². The van der Waals surface area contributed by atoms with Gasteiger partial charge < -0.3 is 24.4 Å². The number of ether oxygens (including phenoxy) is 3. The minimum Gasteiger partial charge on any atom is -0.458 e. The van der Waals surface area contributed by atoms with Crippen LogP contribution in [0.5, 0.6) is 0 Å². The Bertz CT molecular complexity index is 1260. The molecule has 1 aliphatic heterocycles. The van der Waals surface area contributed by atoms with E-state index in [9.17, 15) is 34.7 Å². The lowest BCUT2D eigenvalue weighted by Crippen LogP contribution is -2.83. The highest BCUT2D eigenvalue weighted by Gasteiger charge is 2.82. The third kappa shape index (κ3) is 4.09. The summed E-state index contributed by atoms with van der Waals surface area (Å²) >= 11 is 0. The monoisotopic (exact) mass is 559 g/mol. The smallest absolute Gasteiger partial charge is 0.338 e. The molecule has 11 heteroatoms. The van der Waals surface area contributed by atoms with Gasteiger partial charge >= 0.3 is 11.9 Å². The first-order valence-corrected chi connectivity index (χ1v) is 13.3. The van der Waals surface area contributed by atoms with Gasteiger partial charge in [0, 0.05) is 36.8 Å². The maximum atomic E-state index is 14.2. The van der Waals surface area contributed by atoms with Crippen molar-refractivity contribution in [2.24, 2.45) is 16.7 Å². The summed E-state index contributed by atoms with van der Waals surface area (Å²) in [4.78, 5) is 50.2. The van der Waals surface area contributed by atoms with Crippen LogP contribution in [0.25, 0.3) is 0 Å². The molecule has 0 radical (unpaired) electrons. The molecule has 2 aliphatic carbocycles. The maximum Gasteiger partial charge on any atom is 0.338 e. The Balaban J connectivity index is 1.90. The molecular formula is C29H37NO10. The van der Waals surface area contributed by atoms with Crippen LogP contribution >= 0.6 is 0 Å². The topological polar surface area (TPSA) is 162 Å². The molecule has 218 valence electrons. The Morgan fingerprint density at radius 3 is 2.25 bits per heavy atom. The number of hydrogen-bond acceptors (Lipinski definition) is 10. The highest BCUT2D eigenvalue weighted by atomic mass is 16.6. The molecule has 11 nitrogen and oxygen atoms in total. The van der Waals surface area contributed by atoms with Gasteiger partial charge in [0.1, 0.15) is 11.7 Å². The number of carbonyl (C=O) groups excluding carboxylic acids is 3. The Morgan fingerprint density at radius 1 is 1.15 bits per heavy atom. The molecule has 1 saturated heterocycles. The molecule has 3 fully saturated rings. The van der Waals surface area contributed by atoms with Gasteiger partial charge in [-0.3, -0.25) is 19.7 Å². The van der Waals surface area contributed by atoms with Crippen LogP contribution in [0.4, 0.5) is 5.69 Å². The van der Waals surface area contributed by atoms with E-state index in [2.05, 4.69) is 6.58 Å². The van der Waals surface area contributed by atoms with Crippen LogP contribution < -0.4 is 0 Å². The molecule has 0 aromatic heterocycles. The summed E-state index contributed by atoms with van der Waals surface area (Å²) in [6.07, 6.45) is -1.97. The molecule has 1 aromatic carbocycles. The van der Waals surface area contributed by atoms with Gasteiger partial charge in [0.05, 0.1) is 22.2 Å². The normalized spacial score (nSPS) is 40.2. The Hall–Kier alpha value is -3.15. The number of nitro groups is 1. The lowest BCUT2D eigenvalue weighted by Gasteiger charge is -2.68. The van der Waals surface area contributed by atoms with Crippen molar-refractivity contribution in [2.75, 3.05) is 0 Å². The zero-order valence-electron chi connectivity index (χ0n) is 23.6. The molecule has 2 saturated carbocycles. The molecular weight excluding hydrogens is 522 g/mol. The summed E-state index contributed by atoms with van der Waals surface area (Å²) in [5, 5.41) is 35.0. The number of Topliss-reactive ketones (excluding diaryl/α,β-unsaturated/α-hetero) is 1. The van der Waals surface area contributed by atoms with Crippen LogP contribution in [0, 0.1) is 26.9 Å². The molecule has 1 aromatic rings. The van der Waals surface area contributed by atoms with Gasteiger partial charge in [-0.15, -0.1) is 6.58 Å². The number of benzene rings is 1. The summed E-state index contributed by atoms with van der Waals surface area (Å²) < 4.78 is 18.1. The van der Waals surface area contributed by atoms with Gasteiger partial charge in [0.2, 0.25) is 0 Å². The Morgan fingerprint density at radius 2 is 1.75 bits per heavy atom. The lowest BCUT2D eigenvalue weighted by molar-refractivity contribution is -0.384. The van der Waals surface area contributed by atoms with Crippen molar-refractivity contribution in [1.29, 1.82) is 0 Å². The number of nitro benzene ring substituents is 1. The van der Waals surface area contributed by atoms with Crippen molar-refractivity contribution in [1.82, 2.24) is 0 Å². The predicted molar refractivity (Wildman–Crippen MR) is 141 cm³/mol. The lowest BCUT2D eigenvalue weighted by atomic mass is 9.40.